The Morgan fingerprint density at radius 1 is 1.35 bits per heavy atom. The number of nitrogens with two attached hydrogens (primary N) is 1. The van der Waals surface area contributed by atoms with Crippen LogP contribution in [0.15, 0.2) is 24.3 Å². The first kappa shape index (κ1) is 14.2. The van der Waals surface area contributed by atoms with Crippen LogP contribution in [0.25, 0.3) is 0 Å². The van der Waals surface area contributed by atoms with E-state index in [-0.39, 0.29) is 5.69 Å². The standard InChI is InChI=1S/C14H11ClN4S/c1-19(8-9-3-2-4-10(15)5-9)14-11(6-16)13(18)12(7-17)20-14/h2-5H,8,18H2,1H3. The molecule has 1 aromatic heterocycles. The predicted octanol–water partition coefficient (Wildman–Crippen LogP) is 3.36. The third kappa shape index (κ3) is 2.70. The number of benzene rings is 1. The Labute approximate surface area is 126 Å². The van der Waals surface area contributed by atoms with E-state index < -0.39 is 0 Å². The van der Waals surface area contributed by atoms with E-state index in [0.29, 0.717) is 27.0 Å². The second kappa shape index (κ2) is 5.83. The average molecular weight is 303 g/mol. The number of anilines is 2. The normalized spacial score (nSPS) is 9.80. The van der Waals surface area contributed by atoms with Crippen LogP contribution < -0.4 is 10.6 Å². The van der Waals surface area contributed by atoms with Crippen LogP contribution in [0.4, 0.5) is 10.7 Å². The molecule has 6 heteroatoms. The lowest BCUT2D eigenvalue weighted by molar-refractivity contribution is 0.933. The Morgan fingerprint density at radius 2 is 2.10 bits per heavy atom. The van der Waals surface area contributed by atoms with Gasteiger partial charge in [0.25, 0.3) is 0 Å². The van der Waals surface area contributed by atoms with Crippen molar-refractivity contribution in [3.63, 3.8) is 0 Å². The van der Waals surface area contributed by atoms with Gasteiger partial charge < -0.3 is 10.6 Å². The summed E-state index contributed by atoms with van der Waals surface area (Å²) in [4.78, 5) is 2.26. The van der Waals surface area contributed by atoms with Crippen LogP contribution in [0.1, 0.15) is 16.0 Å². The SMILES string of the molecule is CN(Cc1cccc(Cl)c1)c1sc(C#N)c(N)c1C#N. The van der Waals surface area contributed by atoms with Gasteiger partial charge in [-0.1, -0.05) is 23.7 Å². The van der Waals surface area contributed by atoms with Crippen molar-refractivity contribution < 1.29 is 0 Å². The van der Waals surface area contributed by atoms with E-state index in [4.69, 9.17) is 22.6 Å². The number of nitrogens with zero attached hydrogens (tertiary/aromatic N) is 3. The van der Waals surface area contributed by atoms with E-state index in [1.807, 2.05) is 42.3 Å². The van der Waals surface area contributed by atoms with Crippen molar-refractivity contribution in [3.8, 4) is 12.1 Å². The van der Waals surface area contributed by atoms with Crippen molar-refractivity contribution in [1.82, 2.24) is 0 Å². The Kier molecular flexibility index (Phi) is 4.14. The maximum Gasteiger partial charge on any atom is 0.131 e. The van der Waals surface area contributed by atoms with E-state index in [9.17, 15) is 5.26 Å². The van der Waals surface area contributed by atoms with E-state index in [0.717, 1.165) is 5.56 Å². The van der Waals surface area contributed by atoms with Gasteiger partial charge in [0.15, 0.2) is 0 Å². The lowest BCUT2D eigenvalue weighted by atomic mass is 10.2. The Hall–Kier alpha value is -2.21. The first-order valence-electron chi connectivity index (χ1n) is 5.75. The summed E-state index contributed by atoms with van der Waals surface area (Å²) < 4.78 is 0. The lowest BCUT2D eigenvalue weighted by Gasteiger charge is -2.17. The minimum Gasteiger partial charge on any atom is -0.396 e. The Morgan fingerprint density at radius 3 is 2.70 bits per heavy atom. The molecule has 0 bridgehead atoms. The summed E-state index contributed by atoms with van der Waals surface area (Å²) in [6, 6.07) is 11.6. The molecule has 0 saturated carbocycles. The van der Waals surface area contributed by atoms with E-state index >= 15 is 0 Å². The maximum atomic E-state index is 9.19. The highest BCUT2D eigenvalue weighted by molar-refractivity contribution is 7.17. The predicted molar refractivity (Wildman–Crippen MR) is 81.7 cm³/mol. The van der Waals surface area contributed by atoms with Crippen LogP contribution in [-0.2, 0) is 6.54 Å². The van der Waals surface area contributed by atoms with Crippen LogP contribution in [0.5, 0.6) is 0 Å². The molecule has 2 aromatic rings. The Bertz CT molecular complexity index is 724. The molecule has 20 heavy (non-hydrogen) atoms. The molecule has 0 unspecified atom stereocenters. The van der Waals surface area contributed by atoms with Crippen LogP contribution in [0, 0.1) is 22.7 Å². The quantitative estimate of drug-likeness (QED) is 0.943. The zero-order valence-corrected chi connectivity index (χ0v) is 12.3. The maximum absolute atomic E-state index is 9.19. The van der Waals surface area contributed by atoms with Gasteiger partial charge in [0.1, 0.15) is 27.6 Å². The first-order chi connectivity index (χ1) is 9.56. The number of hydrogen-bond donors (Lipinski definition) is 1. The number of thiophene rings is 1. The second-order valence-electron chi connectivity index (χ2n) is 4.23. The molecule has 4 nitrogen and oxygen atoms in total. The van der Waals surface area contributed by atoms with Gasteiger partial charge in [-0.15, -0.1) is 11.3 Å². The third-order valence-corrected chi connectivity index (χ3v) is 4.25. The minimum atomic E-state index is 0.257. The van der Waals surface area contributed by atoms with Gasteiger partial charge in [-0.25, -0.2) is 0 Å². The Balaban J connectivity index is 2.33. The highest BCUT2D eigenvalue weighted by Gasteiger charge is 2.18. The van der Waals surface area contributed by atoms with Crippen LogP contribution in [-0.4, -0.2) is 7.05 Å². The molecule has 0 aliphatic rings. The topological polar surface area (TPSA) is 76.8 Å². The molecule has 2 N–H and O–H groups in total. The van der Waals surface area contributed by atoms with Crippen LogP contribution >= 0.6 is 22.9 Å². The molecule has 2 rings (SSSR count). The highest BCUT2D eigenvalue weighted by atomic mass is 35.5. The molecular formula is C14H11ClN4S. The zero-order chi connectivity index (χ0) is 14.7. The average Bonchev–Trinajstić information content (AvgIpc) is 2.75. The summed E-state index contributed by atoms with van der Waals surface area (Å²) in [6.07, 6.45) is 0. The lowest BCUT2D eigenvalue weighted by Crippen LogP contribution is -2.16. The van der Waals surface area contributed by atoms with Crippen molar-refractivity contribution in [3.05, 3.63) is 45.3 Å². The minimum absolute atomic E-state index is 0.257. The van der Waals surface area contributed by atoms with Gasteiger partial charge >= 0.3 is 0 Å². The second-order valence-corrected chi connectivity index (χ2v) is 5.67. The summed E-state index contributed by atoms with van der Waals surface area (Å²) in [5.74, 6) is 0. The number of nitriles is 2. The summed E-state index contributed by atoms with van der Waals surface area (Å²) in [5, 5.41) is 19.5. The number of hydrogen-bond acceptors (Lipinski definition) is 5. The summed E-state index contributed by atoms with van der Waals surface area (Å²) in [6.45, 7) is 0.583. The largest absolute Gasteiger partial charge is 0.396 e. The zero-order valence-electron chi connectivity index (χ0n) is 10.7. The van der Waals surface area contributed by atoms with Crippen LogP contribution in [0.2, 0.25) is 5.02 Å². The van der Waals surface area contributed by atoms with Crippen molar-refractivity contribution in [2.75, 3.05) is 17.7 Å². The fourth-order valence-corrected chi connectivity index (χ4v) is 3.01. The fourth-order valence-electron chi connectivity index (χ4n) is 1.87. The van der Waals surface area contributed by atoms with Crippen molar-refractivity contribution in [2.24, 2.45) is 0 Å². The molecule has 0 fully saturated rings. The summed E-state index contributed by atoms with van der Waals surface area (Å²) in [7, 11) is 1.86. The fraction of sp³-hybridized carbons (Fsp3) is 0.143. The number of nitrogen functional groups attached to an aromatic ring is 1. The molecule has 0 atom stereocenters. The van der Waals surface area contributed by atoms with E-state index in [1.54, 1.807) is 0 Å². The van der Waals surface area contributed by atoms with Gasteiger partial charge in [-0.3, -0.25) is 0 Å². The smallest absolute Gasteiger partial charge is 0.131 e. The molecule has 1 heterocycles. The molecule has 0 radical (unpaired) electrons. The molecule has 0 aliphatic heterocycles. The van der Waals surface area contributed by atoms with Crippen molar-refractivity contribution in [1.29, 1.82) is 10.5 Å². The summed E-state index contributed by atoms with van der Waals surface area (Å²) in [5.41, 5.74) is 7.44. The molecule has 0 saturated heterocycles. The number of rotatable bonds is 3. The molecule has 0 amide bonds. The molecule has 0 aliphatic carbocycles. The van der Waals surface area contributed by atoms with Gasteiger partial charge in [0.2, 0.25) is 0 Å². The van der Waals surface area contributed by atoms with Crippen molar-refractivity contribution in [2.45, 2.75) is 6.54 Å². The van der Waals surface area contributed by atoms with Crippen molar-refractivity contribution >= 4 is 33.6 Å². The van der Waals surface area contributed by atoms with E-state index in [2.05, 4.69) is 6.07 Å². The van der Waals surface area contributed by atoms with Gasteiger partial charge in [-0.2, -0.15) is 10.5 Å². The molecule has 0 spiro atoms. The molecule has 100 valence electrons. The highest BCUT2D eigenvalue weighted by Crippen LogP contribution is 2.37. The summed E-state index contributed by atoms with van der Waals surface area (Å²) >= 11 is 7.18. The monoisotopic (exact) mass is 302 g/mol. The van der Waals surface area contributed by atoms with E-state index in [1.165, 1.54) is 11.3 Å². The molecular weight excluding hydrogens is 292 g/mol. The molecule has 1 aromatic carbocycles. The van der Waals surface area contributed by atoms with Crippen LogP contribution in [0.3, 0.4) is 0 Å². The van der Waals surface area contributed by atoms with Gasteiger partial charge in [0, 0.05) is 18.6 Å². The number of halogens is 1. The van der Waals surface area contributed by atoms with Gasteiger partial charge in [-0.05, 0) is 17.7 Å². The van der Waals surface area contributed by atoms with Gasteiger partial charge in [0.05, 0.1) is 5.69 Å². The first-order valence-corrected chi connectivity index (χ1v) is 6.94. The third-order valence-electron chi connectivity index (χ3n) is 2.80.